The fraction of sp³-hybridized carbons (Fsp3) is 0.125. The van der Waals surface area contributed by atoms with Crippen molar-refractivity contribution >= 4 is 28.1 Å². The lowest BCUT2D eigenvalue weighted by atomic mass is 10.0. The predicted octanol–water partition coefficient (Wildman–Crippen LogP) is 5.75. The monoisotopic (exact) mass is 397 g/mol. The van der Waals surface area contributed by atoms with E-state index in [1.54, 1.807) is 7.11 Å². The number of aromatic amines is 1. The molecule has 6 heteroatoms. The highest BCUT2D eigenvalue weighted by molar-refractivity contribution is 5.99. The van der Waals surface area contributed by atoms with Gasteiger partial charge in [0.1, 0.15) is 17.9 Å². The summed E-state index contributed by atoms with van der Waals surface area (Å²) in [4.78, 5) is 8.81. The van der Waals surface area contributed by atoms with Crippen LogP contribution < -0.4 is 10.1 Å². The summed E-state index contributed by atoms with van der Waals surface area (Å²) in [5, 5.41) is 11.7. The first-order chi connectivity index (χ1) is 14.7. The Balaban J connectivity index is 1.82. The first kappa shape index (κ1) is 19.4. The van der Waals surface area contributed by atoms with E-state index in [-0.39, 0.29) is 0 Å². The van der Waals surface area contributed by atoms with Gasteiger partial charge in [-0.15, -0.1) is 0 Å². The Kier molecular flexibility index (Phi) is 5.57. The summed E-state index contributed by atoms with van der Waals surface area (Å²) in [5.41, 5.74) is 5.52. The number of allylic oxidation sites excluding steroid dienone is 4. The van der Waals surface area contributed by atoms with Crippen LogP contribution in [0.3, 0.4) is 0 Å². The summed E-state index contributed by atoms with van der Waals surface area (Å²) in [7, 11) is 1.66. The van der Waals surface area contributed by atoms with Gasteiger partial charge in [-0.3, -0.25) is 5.10 Å². The molecule has 0 amide bonds. The summed E-state index contributed by atoms with van der Waals surface area (Å²) >= 11 is 0. The van der Waals surface area contributed by atoms with E-state index in [9.17, 15) is 0 Å². The van der Waals surface area contributed by atoms with Crippen LogP contribution in [0, 0.1) is 0 Å². The van der Waals surface area contributed by atoms with E-state index in [0.29, 0.717) is 11.5 Å². The Morgan fingerprint density at radius 3 is 2.60 bits per heavy atom. The average molecular weight is 397 g/mol. The number of nitrogens with zero attached hydrogens (tertiary/aromatic N) is 3. The molecule has 4 aromatic rings. The lowest BCUT2D eigenvalue weighted by Gasteiger charge is -2.13. The molecular formula is C24H23N5O. The van der Waals surface area contributed by atoms with E-state index < -0.39 is 0 Å². The number of benzene rings is 2. The number of fused-ring (bicyclic) bond motifs is 1. The molecule has 0 spiro atoms. The molecule has 0 aliphatic rings. The van der Waals surface area contributed by atoms with Crippen molar-refractivity contribution in [2.75, 3.05) is 12.4 Å². The molecule has 4 rings (SSSR count). The van der Waals surface area contributed by atoms with Crippen molar-refractivity contribution in [2.24, 2.45) is 0 Å². The Morgan fingerprint density at radius 2 is 1.87 bits per heavy atom. The highest BCUT2D eigenvalue weighted by Gasteiger charge is 2.16. The molecule has 0 aliphatic heterocycles. The van der Waals surface area contributed by atoms with Gasteiger partial charge < -0.3 is 10.1 Å². The highest BCUT2D eigenvalue weighted by Crippen LogP contribution is 2.35. The van der Waals surface area contributed by atoms with Crippen molar-refractivity contribution in [3.05, 3.63) is 78.8 Å². The van der Waals surface area contributed by atoms with Crippen molar-refractivity contribution in [1.82, 2.24) is 20.2 Å². The third kappa shape index (κ3) is 3.67. The van der Waals surface area contributed by atoms with Crippen LogP contribution in [0.1, 0.15) is 19.5 Å². The maximum absolute atomic E-state index is 5.59. The highest BCUT2D eigenvalue weighted by atomic mass is 16.5. The lowest BCUT2D eigenvalue weighted by Crippen LogP contribution is -1.99. The Bertz CT molecular complexity index is 1230. The number of rotatable bonds is 6. The third-order valence-corrected chi connectivity index (χ3v) is 4.86. The molecule has 0 fully saturated rings. The normalized spacial score (nSPS) is 11.9. The molecule has 150 valence electrons. The van der Waals surface area contributed by atoms with Crippen LogP contribution in [0.15, 0.2) is 73.1 Å². The van der Waals surface area contributed by atoms with Gasteiger partial charge in [-0.1, -0.05) is 54.6 Å². The number of ether oxygens (including phenoxy) is 1. The molecule has 30 heavy (non-hydrogen) atoms. The maximum atomic E-state index is 5.59. The predicted molar refractivity (Wildman–Crippen MR) is 122 cm³/mol. The molecule has 6 nitrogen and oxygen atoms in total. The van der Waals surface area contributed by atoms with Crippen molar-refractivity contribution in [2.45, 2.75) is 13.8 Å². The van der Waals surface area contributed by atoms with Crippen LogP contribution in [0.5, 0.6) is 5.75 Å². The number of H-pyrrole nitrogens is 1. The number of hydrogen-bond donors (Lipinski definition) is 2. The van der Waals surface area contributed by atoms with Gasteiger partial charge in [-0.05, 0) is 42.7 Å². The minimum atomic E-state index is 0.601. The molecule has 0 saturated carbocycles. The van der Waals surface area contributed by atoms with Gasteiger partial charge in [0.25, 0.3) is 0 Å². The fourth-order valence-corrected chi connectivity index (χ4v) is 3.41. The minimum absolute atomic E-state index is 0.601. The molecule has 0 bridgehead atoms. The van der Waals surface area contributed by atoms with Crippen LogP contribution in [0.25, 0.3) is 27.7 Å². The minimum Gasteiger partial charge on any atom is -0.495 e. The second-order valence-corrected chi connectivity index (χ2v) is 6.67. The molecular weight excluding hydrogens is 374 g/mol. The Morgan fingerprint density at radius 1 is 1.03 bits per heavy atom. The maximum Gasteiger partial charge on any atom is 0.186 e. The van der Waals surface area contributed by atoms with Crippen LogP contribution >= 0.6 is 0 Å². The standard InChI is InChI=1S/C24H23N5O/c1-4-9-16(5-2)22-21-23(25-15-26-24(21)29-28-22)27-19-14-18(12-13-20(19)30-3)17-10-7-6-8-11-17/h4-15H,1-3H3,(H2,25,26,27,28,29)/b9-4-,16-5+. The van der Waals surface area contributed by atoms with E-state index in [2.05, 4.69) is 43.7 Å². The van der Waals surface area contributed by atoms with Gasteiger partial charge in [0.2, 0.25) is 0 Å². The fourth-order valence-electron chi connectivity index (χ4n) is 3.41. The summed E-state index contributed by atoms with van der Waals surface area (Å²) in [6.45, 7) is 3.98. The van der Waals surface area contributed by atoms with Gasteiger partial charge in [-0.25, -0.2) is 9.97 Å². The Labute approximate surface area is 175 Å². The zero-order chi connectivity index (χ0) is 20.9. The first-order valence-electron chi connectivity index (χ1n) is 9.74. The molecule has 2 N–H and O–H groups in total. The van der Waals surface area contributed by atoms with E-state index in [4.69, 9.17) is 4.74 Å². The molecule has 0 saturated heterocycles. The van der Waals surface area contributed by atoms with Crippen LogP contribution in [0.2, 0.25) is 0 Å². The largest absolute Gasteiger partial charge is 0.495 e. The summed E-state index contributed by atoms with van der Waals surface area (Å²) in [5.74, 6) is 1.39. The molecule has 0 aliphatic carbocycles. The second kappa shape index (κ2) is 8.61. The number of aromatic nitrogens is 4. The zero-order valence-electron chi connectivity index (χ0n) is 17.2. The van der Waals surface area contributed by atoms with Crippen molar-refractivity contribution in [1.29, 1.82) is 0 Å². The summed E-state index contributed by atoms with van der Waals surface area (Å²) < 4.78 is 5.59. The quantitative estimate of drug-likeness (QED) is 0.405. The van der Waals surface area contributed by atoms with Gasteiger partial charge in [-0.2, -0.15) is 5.10 Å². The number of methoxy groups -OCH3 is 1. The van der Waals surface area contributed by atoms with E-state index in [1.807, 2.05) is 62.4 Å². The Hall–Kier alpha value is -3.93. The van der Waals surface area contributed by atoms with Crippen LogP contribution in [-0.4, -0.2) is 27.3 Å². The van der Waals surface area contributed by atoms with Gasteiger partial charge in [0.15, 0.2) is 5.65 Å². The molecule has 2 aromatic heterocycles. The van der Waals surface area contributed by atoms with Gasteiger partial charge in [0.05, 0.1) is 23.9 Å². The van der Waals surface area contributed by atoms with Crippen LogP contribution in [-0.2, 0) is 0 Å². The second-order valence-electron chi connectivity index (χ2n) is 6.67. The number of hydrogen-bond acceptors (Lipinski definition) is 5. The smallest absolute Gasteiger partial charge is 0.186 e. The summed E-state index contributed by atoms with van der Waals surface area (Å²) in [6, 6.07) is 16.3. The van der Waals surface area contributed by atoms with Gasteiger partial charge >= 0.3 is 0 Å². The topological polar surface area (TPSA) is 75.7 Å². The SMILES string of the molecule is C/C=C\C(=C/C)c1[nH]nc2ncnc(Nc3cc(-c4ccccc4)ccc3OC)c12. The molecule has 2 aromatic carbocycles. The van der Waals surface area contributed by atoms with Crippen molar-refractivity contribution in [3.63, 3.8) is 0 Å². The van der Waals surface area contributed by atoms with E-state index in [0.717, 1.165) is 39.2 Å². The summed E-state index contributed by atoms with van der Waals surface area (Å²) in [6.07, 6.45) is 7.56. The average Bonchev–Trinajstić information content (AvgIpc) is 3.23. The molecule has 0 radical (unpaired) electrons. The van der Waals surface area contributed by atoms with Crippen LogP contribution in [0.4, 0.5) is 11.5 Å². The number of nitrogens with one attached hydrogen (secondary N) is 2. The molecule has 0 unspecified atom stereocenters. The van der Waals surface area contributed by atoms with E-state index >= 15 is 0 Å². The van der Waals surface area contributed by atoms with Crippen molar-refractivity contribution in [3.8, 4) is 16.9 Å². The lowest BCUT2D eigenvalue weighted by molar-refractivity contribution is 0.417. The number of anilines is 2. The third-order valence-electron chi connectivity index (χ3n) is 4.86. The van der Waals surface area contributed by atoms with Gasteiger partial charge in [0, 0.05) is 0 Å². The first-order valence-corrected chi connectivity index (χ1v) is 9.74. The van der Waals surface area contributed by atoms with Crippen molar-refractivity contribution < 1.29 is 4.74 Å². The molecule has 0 atom stereocenters. The van der Waals surface area contributed by atoms with E-state index in [1.165, 1.54) is 6.33 Å². The zero-order valence-corrected chi connectivity index (χ0v) is 17.2. The molecule has 2 heterocycles.